The number of fused-ring (bicyclic) bond motifs is 1. The second kappa shape index (κ2) is 13.5. The van der Waals surface area contributed by atoms with Crippen molar-refractivity contribution in [2.75, 3.05) is 13.2 Å². The number of rotatable bonds is 9. The molecule has 0 aliphatic carbocycles. The normalized spacial score (nSPS) is 25.4. The van der Waals surface area contributed by atoms with Gasteiger partial charge in [-0.05, 0) is 42.9 Å². The number of hydrogen-bond acceptors (Lipinski definition) is 9. The Balaban J connectivity index is 2.13. The first-order chi connectivity index (χ1) is 19.9. The zero-order chi connectivity index (χ0) is 32.5. The van der Waals surface area contributed by atoms with Gasteiger partial charge in [0.2, 0.25) is 0 Å². The molecular formula is C30H50N2O9Si2. The monoisotopic (exact) mass is 638 g/mol. The third kappa shape index (κ3) is 6.95. The standard InChI is InChI=1S/C30H50N2O9Si2/c1-13-16-36-26-25-23(17-38-42(19(2)3,20(4)5)41-43(40-25,21(6)7)22(8)9)39-27(26)31-15-14-24(33)32(29(31)35)18-37-28(34)30(10,11)12/h1,14-15,19-23,25-27H,16-18H2,2-12H3/t23-,25-,26-,27-/m1/s1. The fourth-order valence-electron chi connectivity index (χ4n) is 5.85. The maximum atomic E-state index is 13.7. The van der Waals surface area contributed by atoms with E-state index in [1.807, 2.05) is 0 Å². The van der Waals surface area contributed by atoms with Crippen LogP contribution in [0.15, 0.2) is 21.9 Å². The van der Waals surface area contributed by atoms with Crippen molar-refractivity contribution in [3.8, 4) is 12.3 Å². The largest absolute Gasteiger partial charge is 0.443 e. The Bertz CT molecular complexity index is 1280. The van der Waals surface area contributed by atoms with Crippen molar-refractivity contribution in [2.24, 2.45) is 5.41 Å². The van der Waals surface area contributed by atoms with E-state index in [4.69, 9.17) is 33.6 Å². The summed E-state index contributed by atoms with van der Waals surface area (Å²) in [5.41, 5.74) is -1.72. The number of ether oxygens (including phenoxy) is 3. The fraction of sp³-hybridized carbons (Fsp3) is 0.767. The maximum absolute atomic E-state index is 13.7. The Morgan fingerprint density at radius 3 is 2.14 bits per heavy atom. The number of carbonyl (C=O) groups is 1. The molecular weight excluding hydrogens is 589 g/mol. The molecule has 0 radical (unpaired) electrons. The summed E-state index contributed by atoms with van der Waals surface area (Å²) in [7, 11) is -5.86. The van der Waals surface area contributed by atoms with E-state index < -0.39 is 71.0 Å². The van der Waals surface area contributed by atoms with Crippen LogP contribution in [0.5, 0.6) is 0 Å². The van der Waals surface area contributed by atoms with Crippen LogP contribution in [0.3, 0.4) is 0 Å². The van der Waals surface area contributed by atoms with Crippen LogP contribution >= 0.6 is 0 Å². The van der Waals surface area contributed by atoms with Gasteiger partial charge in [0.05, 0.1) is 12.0 Å². The van der Waals surface area contributed by atoms with Crippen LogP contribution in [0.1, 0.15) is 82.4 Å². The summed E-state index contributed by atoms with van der Waals surface area (Å²) in [4.78, 5) is 38.8. The number of terminal acetylenes is 1. The Hall–Kier alpha value is -2.06. The van der Waals surface area contributed by atoms with Crippen molar-refractivity contribution in [1.29, 1.82) is 0 Å². The lowest BCUT2D eigenvalue weighted by Crippen LogP contribution is -2.66. The Morgan fingerprint density at radius 1 is 1.05 bits per heavy atom. The Kier molecular flexibility index (Phi) is 11.1. The topological polar surface area (TPSA) is 116 Å². The number of esters is 1. The van der Waals surface area contributed by atoms with Crippen LogP contribution in [0, 0.1) is 17.8 Å². The van der Waals surface area contributed by atoms with E-state index in [2.05, 4.69) is 61.3 Å². The van der Waals surface area contributed by atoms with E-state index in [0.717, 1.165) is 4.57 Å². The molecule has 2 aliphatic rings. The van der Waals surface area contributed by atoms with Gasteiger partial charge in [-0.25, -0.2) is 9.36 Å². The number of nitrogens with zero attached hydrogens (tertiary/aromatic N) is 2. The van der Waals surface area contributed by atoms with E-state index >= 15 is 0 Å². The molecule has 43 heavy (non-hydrogen) atoms. The highest BCUT2D eigenvalue weighted by atomic mass is 28.5. The van der Waals surface area contributed by atoms with Gasteiger partial charge in [0.15, 0.2) is 13.0 Å². The van der Waals surface area contributed by atoms with Crippen molar-refractivity contribution in [3.63, 3.8) is 0 Å². The third-order valence-electron chi connectivity index (χ3n) is 8.28. The minimum atomic E-state index is -3.03. The fourth-order valence-corrected chi connectivity index (χ4v) is 17.1. The highest BCUT2D eigenvalue weighted by Gasteiger charge is 2.62. The van der Waals surface area contributed by atoms with E-state index in [-0.39, 0.29) is 35.4 Å². The second-order valence-corrected chi connectivity index (χ2v) is 22.5. The van der Waals surface area contributed by atoms with Crippen molar-refractivity contribution in [2.45, 2.75) is 130 Å². The smallest absolute Gasteiger partial charge is 0.335 e. The molecule has 0 aromatic carbocycles. The molecule has 11 nitrogen and oxygen atoms in total. The van der Waals surface area contributed by atoms with Gasteiger partial charge in [0.25, 0.3) is 5.56 Å². The van der Waals surface area contributed by atoms with Crippen LogP contribution < -0.4 is 11.2 Å². The molecule has 242 valence electrons. The first kappa shape index (κ1) is 35.4. The molecule has 2 fully saturated rings. The summed E-state index contributed by atoms with van der Waals surface area (Å²) in [6, 6.07) is 1.23. The summed E-state index contributed by atoms with van der Waals surface area (Å²) in [6.45, 7) is 21.7. The predicted octanol–water partition coefficient (Wildman–Crippen LogP) is 4.43. The molecule has 0 saturated carbocycles. The Morgan fingerprint density at radius 2 is 1.63 bits per heavy atom. The molecule has 3 rings (SSSR count). The molecule has 1 aromatic rings. The van der Waals surface area contributed by atoms with Gasteiger partial charge in [-0.3, -0.25) is 14.2 Å². The molecule has 3 heterocycles. The van der Waals surface area contributed by atoms with Crippen LogP contribution in [0.25, 0.3) is 0 Å². The number of hydrogen-bond donors (Lipinski definition) is 0. The van der Waals surface area contributed by atoms with E-state index in [1.165, 1.54) is 16.8 Å². The van der Waals surface area contributed by atoms with Crippen LogP contribution in [0.4, 0.5) is 0 Å². The van der Waals surface area contributed by atoms with Crippen molar-refractivity contribution < 1.29 is 32.0 Å². The highest BCUT2D eigenvalue weighted by molar-refractivity contribution is 6.84. The van der Waals surface area contributed by atoms with Gasteiger partial charge in [-0.2, -0.15) is 0 Å². The molecule has 0 spiro atoms. The maximum Gasteiger partial charge on any atom is 0.335 e. The molecule has 4 atom stereocenters. The average molecular weight is 639 g/mol. The SMILES string of the molecule is C#CCO[C@@H]1[C@@H]2O[Si](C(C)C)(C(C)C)O[Si](C(C)C)(C(C)C)OC[C@H]2O[C@H]1n1ccc(=O)n(COC(=O)C(C)(C)C)c1=O. The van der Waals surface area contributed by atoms with E-state index in [9.17, 15) is 14.4 Å². The minimum absolute atomic E-state index is 0.0506. The molecule has 2 aliphatic heterocycles. The molecule has 0 N–H and O–H groups in total. The lowest BCUT2D eigenvalue weighted by Gasteiger charge is -2.51. The van der Waals surface area contributed by atoms with Crippen LogP contribution in [0.2, 0.25) is 22.2 Å². The van der Waals surface area contributed by atoms with E-state index in [0.29, 0.717) is 0 Å². The van der Waals surface area contributed by atoms with Gasteiger partial charge >= 0.3 is 28.8 Å². The summed E-state index contributed by atoms with van der Waals surface area (Å²) in [5, 5.41) is 0. The summed E-state index contributed by atoms with van der Waals surface area (Å²) >= 11 is 0. The van der Waals surface area contributed by atoms with Crippen molar-refractivity contribution in [1.82, 2.24) is 9.13 Å². The first-order valence-corrected chi connectivity index (χ1v) is 19.1. The third-order valence-corrected chi connectivity index (χ3v) is 18.5. The molecule has 0 amide bonds. The molecule has 13 heteroatoms. The zero-order valence-electron chi connectivity index (χ0n) is 27.5. The summed E-state index contributed by atoms with van der Waals surface area (Å²) in [5.74, 6) is 1.96. The van der Waals surface area contributed by atoms with Crippen LogP contribution in [-0.2, 0) is 38.7 Å². The molecule has 0 unspecified atom stereocenters. The Labute approximate surface area is 257 Å². The quantitative estimate of drug-likeness (QED) is 0.220. The average Bonchev–Trinajstić information content (AvgIpc) is 3.21. The van der Waals surface area contributed by atoms with Crippen molar-refractivity contribution >= 4 is 23.1 Å². The van der Waals surface area contributed by atoms with Gasteiger partial charge in [0.1, 0.15) is 24.9 Å². The van der Waals surface area contributed by atoms with E-state index in [1.54, 1.807) is 20.8 Å². The van der Waals surface area contributed by atoms with Crippen LogP contribution in [-0.4, -0.2) is 63.8 Å². The summed E-state index contributed by atoms with van der Waals surface area (Å²) < 4.78 is 41.4. The lowest BCUT2D eigenvalue weighted by atomic mass is 9.98. The second-order valence-electron chi connectivity index (χ2n) is 13.7. The van der Waals surface area contributed by atoms with Gasteiger partial charge in [-0.1, -0.05) is 61.3 Å². The predicted molar refractivity (Wildman–Crippen MR) is 167 cm³/mol. The van der Waals surface area contributed by atoms with Gasteiger partial charge in [-0.15, -0.1) is 6.42 Å². The van der Waals surface area contributed by atoms with Gasteiger partial charge in [0, 0.05) is 12.3 Å². The number of carbonyl (C=O) groups excluding carboxylic acids is 1. The highest BCUT2D eigenvalue weighted by Crippen LogP contribution is 2.48. The van der Waals surface area contributed by atoms with Gasteiger partial charge < -0.3 is 27.2 Å². The minimum Gasteiger partial charge on any atom is -0.443 e. The zero-order valence-corrected chi connectivity index (χ0v) is 29.5. The lowest BCUT2D eigenvalue weighted by molar-refractivity contribution is -0.157. The molecule has 0 bridgehead atoms. The molecule has 1 aromatic heterocycles. The first-order valence-electron chi connectivity index (χ1n) is 15.1. The van der Waals surface area contributed by atoms with Crippen molar-refractivity contribution in [3.05, 3.63) is 33.1 Å². The molecule has 2 saturated heterocycles. The summed E-state index contributed by atoms with van der Waals surface area (Å²) in [6.07, 6.45) is 3.88. The number of aromatic nitrogens is 2.